The Bertz CT molecular complexity index is 1320. The first-order valence-electron chi connectivity index (χ1n) is 12.6. The highest BCUT2D eigenvalue weighted by Crippen LogP contribution is 2.40. The topological polar surface area (TPSA) is 108 Å². The van der Waals surface area contributed by atoms with Gasteiger partial charge in [0.1, 0.15) is 0 Å². The molecule has 36 heavy (non-hydrogen) atoms. The van der Waals surface area contributed by atoms with Gasteiger partial charge in [0.25, 0.3) is 0 Å². The normalized spacial score (nSPS) is 16.7. The van der Waals surface area contributed by atoms with Crippen LogP contribution in [-0.2, 0) is 16.1 Å². The third-order valence-corrected chi connectivity index (χ3v) is 7.58. The molecule has 0 atom stereocenters. The number of carboxylic acid groups (broad SMARTS) is 2. The Balaban J connectivity index is 1.41. The van der Waals surface area contributed by atoms with Gasteiger partial charge in [-0.15, -0.1) is 0 Å². The first kappa shape index (κ1) is 24.0. The van der Waals surface area contributed by atoms with Crippen LogP contribution in [0.5, 0.6) is 0 Å². The van der Waals surface area contributed by atoms with E-state index in [1.165, 1.54) is 0 Å². The fourth-order valence-corrected chi connectivity index (χ4v) is 5.32. The molecular formula is C29H30N2O5. The van der Waals surface area contributed by atoms with Crippen LogP contribution in [0.25, 0.3) is 22.2 Å². The summed E-state index contributed by atoms with van der Waals surface area (Å²) in [6.45, 7) is 0.606. The van der Waals surface area contributed by atoms with Crippen molar-refractivity contribution in [1.82, 2.24) is 9.88 Å². The molecule has 3 aromatic rings. The van der Waals surface area contributed by atoms with Gasteiger partial charge in [-0.3, -0.25) is 9.59 Å². The third-order valence-electron chi connectivity index (χ3n) is 7.58. The first-order chi connectivity index (χ1) is 17.3. The zero-order valence-electron chi connectivity index (χ0n) is 20.2. The lowest BCUT2D eigenvalue weighted by atomic mass is 9.85. The molecule has 1 heterocycles. The second kappa shape index (κ2) is 9.72. The van der Waals surface area contributed by atoms with Gasteiger partial charge in [-0.1, -0.05) is 43.2 Å². The van der Waals surface area contributed by atoms with Crippen LogP contribution >= 0.6 is 0 Å². The Morgan fingerprint density at radius 3 is 2.42 bits per heavy atom. The number of hydrogen-bond donors (Lipinski definition) is 2. The number of aromatic nitrogens is 1. The van der Waals surface area contributed by atoms with Crippen molar-refractivity contribution in [2.24, 2.45) is 11.3 Å². The van der Waals surface area contributed by atoms with E-state index in [2.05, 4.69) is 4.98 Å². The number of aliphatic carboxylic acids is 1. The number of carbonyl (C=O) groups excluding carboxylic acids is 1. The maximum atomic E-state index is 13.2. The average Bonchev–Trinajstić information content (AvgIpc) is 3.56. The minimum atomic E-state index is -1.000. The zero-order chi connectivity index (χ0) is 25.3. The zero-order valence-corrected chi connectivity index (χ0v) is 20.2. The summed E-state index contributed by atoms with van der Waals surface area (Å²) in [5.41, 5.74) is 2.13. The Labute approximate surface area is 209 Å². The molecule has 0 saturated heterocycles. The number of fused-ring (bicyclic) bond motifs is 1. The van der Waals surface area contributed by atoms with E-state index >= 15 is 0 Å². The van der Waals surface area contributed by atoms with Crippen LogP contribution in [0, 0.1) is 11.3 Å². The highest BCUT2D eigenvalue weighted by Gasteiger charge is 2.44. The molecule has 0 unspecified atom stereocenters. The summed E-state index contributed by atoms with van der Waals surface area (Å²) in [4.78, 5) is 43.4. The minimum absolute atomic E-state index is 0.0314. The van der Waals surface area contributed by atoms with E-state index in [0.717, 1.165) is 42.1 Å². The van der Waals surface area contributed by atoms with Crippen molar-refractivity contribution in [3.63, 3.8) is 0 Å². The van der Waals surface area contributed by atoms with Gasteiger partial charge in [-0.05, 0) is 61.4 Å². The Kier molecular flexibility index (Phi) is 6.48. The van der Waals surface area contributed by atoms with Crippen LogP contribution in [-0.4, -0.2) is 44.5 Å². The van der Waals surface area contributed by atoms with Crippen molar-refractivity contribution in [2.45, 2.75) is 51.5 Å². The van der Waals surface area contributed by atoms with Gasteiger partial charge >= 0.3 is 11.9 Å². The molecule has 2 aliphatic rings. The van der Waals surface area contributed by atoms with E-state index in [-0.39, 0.29) is 18.0 Å². The Morgan fingerprint density at radius 2 is 1.72 bits per heavy atom. The SMILES string of the molecule is O=C(O)c1ccccc1-c1ccc2cc(CN(CC3(C(=O)O)CCCC3)C(=O)CC3CC3)ccc2n1. The van der Waals surface area contributed by atoms with Gasteiger partial charge in [-0.25, -0.2) is 9.78 Å². The van der Waals surface area contributed by atoms with E-state index in [9.17, 15) is 24.6 Å². The quantitative estimate of drug-likeness (QED) is 0.421. The van der Waals surface area contributed by atoms with Crippen LogP contribution in [0.4, 0.5) is 0 Å². The summed E-state index contributed by atoms with van der Waals surface area (Å²) in [5.74, 6) is -1.34. The molecule has 1 amide bonds. The summed E-state index contributed by atoms with van der Waals surface area (Å²) in [6, 6.07) is 16.3. The summed E-state index contributed by atoms with van der Waals surface area (Å²) in [5, 5.41) is 20.4. The summed E-state index contributed by atoms with van der Waals surface area (Å²) < 4.78 is 0. The fourth-order valence-electron chi connectivity index (χ4n) is 5.32. The van der Waals surface area contributed by atoms with Crippen molar-refractivity contribution in [2.75, 3.05) is 6.54 Å². The molecule has 2 N–H and O–H groups in total. The molecule has 2 aromatic carbocycles. The lowest BCUT2D eigenvalue weighted by Crippen LogP contribution is -2.44. The van der Waals surface area contributed by atoms with E-state index in [1.807, 2.05) is 30.3 Å². The second-order valence-electron chi connectivity index (χ2n) is 10.3. The molecule has 2 fully saturated rings. The lowest BCUT2D eigenvalue weighted by Gasteiger charge is -2.32. The van der Waals surface area contributed by atoms with Crippen LogP contribution in [0.1, 0.15) is 60.9 Å². The van der Waals surface area contributed by atoms with E-state index < -0.39 is 17.4 Å². The maximum absolute atomic E-state index is 13.2. The Hall–Kier alpha value is -3.74. The van der Waals surface area contributed by atoms with E-state index in [0.29, 0.717) is 43.0 Å². The van der Waals surface area contributed by atoms with Gasteiger partial charge < -0.3 is 15.1 Å². The van der Waals surface area contributed by atoms with Crippen molar-refractivity contribution >= 4 is 28.7 Å². The number of benzene rings is 2. The number of pyridine rings is 1. The number of amides is 1. The van der Waals surface area contributed by atoms with E-state index in [4.69, 9.17) is 0 Å². The predicted octanol–water partition coefficient (Wildman–Crippen LogP) is 5.37. The largest absolute Gasteiger partial charge is 0.481 e. The number of carboxylic acids is 2. The molecule has 1 aromatic heterocycles. The second-order valence-corrected chi connectivity index (χ2v) is 10.3. The summed E-state index contributed by atoms with van der Waals surface area (Å²) >= 11 is 0. The number of hydrogen-bond acceptors (Lipinski definition) is 4. The molecular weight excluding hydrogens is 456 g/mol. The fraction of sp³-hybridized carbons (Fsp3) is 0.379. The highest BCUT2D eigenvalue weighted by molar-refractivity contribution is 5.96. The van der Waals surface area contributed by atoms with Crippen molar-refractivity contribution in [1.29, 1.82) is 0 Å². The molecule has 7 nitrogen and oxygen atoms in total. The minimum Gasteiger partial charge on any atom is -0.481 e. The molecule has 2 aliphatic carbocycles. The van der Waals surface area contributed by atoms with Crippen LogP contribution in [0.2, 0.25) is 0 Å². The van der Waals surface area contributed by atoms with Crippen molar-refractivity contribution in [3.05, 3.63) is 65.7 Å². The molecule has 0 spiro atoms. The molecule has 2 saturated carbocycles. The van der Waals surface area contributed by atoms with Crippen LogP contribution in [0.3, 0.4) is 0 Å². The number of carbonyl (C=O) groups is 3. The van der Waals surface area contributed by atoms with Crippen LogP contribution in [0.15, 0.2) is 54.6 Å². The highest BCUT2D eigenvalue weighted by atomic mass is 16.4. The number of aromatic carboxylic acids is 1. The van der Waals surface area contributed by atoms with Gasteiger partial charge in [-0.2, -0.15) is 0 Å². The van der Waals surface area contributed by atoms with Crippen molar-refractivity contribution < 1.29 is 24.6 Å². The maximum Gasteiger partial charge on any atom is 0.336 e. The Morgan fingerprint density at radius 1 is 0.972 bits per heavy atom. The molecule has 0 aliphatic heterocycles. The van der Waals surface area contributed by atoms with Gasteiger partial charge in [0.15, 0.2) is 0 Å². The monoisotopic (exact) mass is 486 g/mol. The number of nitrogens with zero attached hydrogens (tertiary/aromatic N) is 2. The summed E-state index contributed by atoms with van der Waals surface area (Å²) in [6.07, 6.45) is 5.60. The average molecular weight is 487 g/mol. The smallest absolute Gasteiger partial charge is 0.336 e. The van der Waals surface area contributed by atoms with Gasteiger partial charge in [0.2, 0.25) is 5.91 Å². The lowest BCUT2D eigenvalue weighted by molar-refractivity contribution is -0.151. The van der Waals surface area contributed by atoms with Crippen molar-refractivity contribution in [3.8, 4) is 11.3 Å². The van der Waals surface area contributed by atoms with E-state index in [1.54, 1.807) is 29.2 Å². The van der Waals surface area contributed by atoms with Gasteiger partial charge in [0.05, 0.1) is 22.2 Å². The first-order valence-corrected chi connectivity index (χ1v) is 12.6. The number of rotatable bonds is 9. The molecule has 0 radical (unpaired) electrons. The molecule has 186 valence electrons. The summed E-state index contributed by atoms with van der Waals surface area (Å²) in [7, 11) is 0. The molecule has 0 bridgehead atoms. The van der Waals surface area contributed by atoms with Crippen LogP contribution < -0.4 is 0 Å². The van der Waals surface area contributed by atoms with Gasteiger partial charge in [0, 0.05) is 30.5 Å². The molecule has 5 rings (SSSR count). The predicted molar refractivity (Wildman–Crippen MR) is 135 cm³/mol. The molecule has 7 heteroatoms. The third kappa shape index (κ3) is 4.96. The standard InChI is InChI=1S/C29H30N2O5/c32-26(16-19-7-8-19)31(18-29(28(35)36)13-3-4-14-29)17-20-9-11-24-21(15-20)10-12-25(30-24)22-5-1-2-6-23(22)27(33)34/h1-2,5-6,9-12,15,19H,3-4,7-8,13-14,16-18H2,(H,33,34)(H,35,36).